The van der Waals surface area contributed by atoms with E-state index in [0.29, 0.717) is 6.54 Å². The molecule has 0 unspecified atom stereocenters. The van der Waals surface area contributed by atoms with Crippen molar-refractivity contribution in [1.82, 2.24) is 14.8 Å². The molecule has 5 heteroatoms. The number of ether oxygens (including phenoxy) is 1. The maximum absolute atomic E-state index is 5.72. The van der Waals surface area contributed by atoms with E-state index in [1.807, 2.05) is 24.3 Å². The van der Waals surface area contributed by atoms with Crippen LogP contribution in [0.4, 0.5) is 0 Å². The number of methoxy groups -OCH3 is 1. The van der Waals surface area contributed by atoms with Gasteiger partial charge in [-0.1, -0.05) is 19.9 Å². The molecule has 0 aliphatic carbocycles. The van der Waals surface area contributed by atoms with Gasteiger partial charge in [0, 0.05) is 12.0 Å². The third-order valence-corrected chi connectivity index (χ3v) is 2.69. The Balaban J connectivity index is 2.48. The lowest BCUT2D eigenvalue weighted by atomic mass is 10.2. The summed E-state index contributed by atoms with van der Waals surface area (Å²) in [6.45, 7) is 4.48. The van der Waals surface area contributed by atoms with Gasteiger partial charge in [0.25, 0.3) is 0 Å². The van der Waals surface area contributed by atoms with Gasteiger partial charge in [0.1, 0.15) is 11.6 Å². The minimum Gasteiger partial charge on any atom is -0.497 e. The number of hydrogen-bond acceptors (Lipinski definition) is 4. The fourth-order valence-electron chi connectivity index (χ4n) is 1.69. The first-order valence-electron chi connectivity index (χ1n) is 5.96. The Morgan fingerprint density at radius 2 is 2.17 bits per heavy atom. The summed E-state index contributed by atoms with van der Waals surface area (Å²) in [5.74, 6) is 2.63. The van der Waals surface area contributed by atoms with E-state index in [4.69, 9.17) is 10.5 Å². The van der Waals surface area contributed by atoms with Crippen molar-refractivity contribution in [3.8, 4) is 11.4 Å². The van der Waals surface area contributed by atoms with E-state index < -0.39 is 0 Å². The summed E-state index contributed by atoms with van der Waals surface area (Å²) in [6, 6.07) is 7.69. The van der Waals surface area contributed by atoms with Gasteiger partial charge in [0.15, 0.2) is 5.82 Å². The van der Waals surface area contributed by atoms with Gasteiger partial charge in [-0.2, -0.15) is 5.10 Å². The minimum atomic E-state index is 0.280. The summed E-state index contributed by atoms with van der Waals surface area (Å²) in [4.78, 5) is 4.45. The smallest absolute Gasteiger partial charge is 0.153 e. The number of nitrogens with zero attached hydrogens (tertiary/aromatic N) is 3. The summed E-state index contributed by atoms with van der Waals surface area (Å²) in [5, 5.41) is 4.50. The van der Waals surface area contributed by atoms with Crippen molar-refractivity contribution in [3.63, 3.8) is 0 Å². The van der Waals surface area contributed by atoms with Crippen LogP contribution in [0.3, 0.4) is 0 Å². The van der Waals surface area contributed by atoms with E-state index in [1.165, 1.54) is 0 Å². The van der Waals surface area contributed by atoms with E-state index >= 15 is 0 Å². The zero-order valence-electron chi connectivity index (χ0n) is 10.9. The lowest BCUT2D eigenvalue weighted by Gasteiger charge is -2.06. The highest BCUT2D eigenvalue weighted by Gasteiger charge is 2.13. The monoisotopic (exact) mass is 246 g/mol. The molecule has 96 valence electrons. The third-order valence-electron chi connectivity index (χ3n) is 2.69. The molecule has 0 atom stereocenters. The molecule has 5 nitrogen and oxygen atoms in total. The van der Waals surface area contributed by atoms with Crippen LogP contribution < -0.4 is 10.5 Å². The van der Waals surface area contributed by atoms with Crippen molar-refractivity contribution in [2.24, 2.45) is 5.73 Å². The fraction of sp³-hybridized carbons (Fsp3) is 0.385. The summed E-state index contributed by atoms with van der Waals surface area (Å²) >= 11 is 0. The SMILES string of the molecule is COc1cccc(-n2nc(C(C)C)nc2CN)c1. The lowest BCUT2D eigenvalue weighted by molar-refractivity contribution is 0.414. The number of rotatable bonds is 4. The van der Waals surface area contributed by atoms with Gasteiger partial charge in [-0.25, -0.2) is 9.67 Å². The summed E-state index contributed by atoms with van der Waals surface area (Å²) in [6.07, 6.45) is 0. The van der Waals surface area contributed by atoms with E-state index in [0.717, 1.165) is 23.1 Å². The second-order valence-electron chi connectivity index (χ2n) is 4.36. The van der Waals surface area contributed by atoms with Crippen LogP contribution in [0.25, 0.3) is 5.69 Å². The van der Waals surface area contributed by atoms with E-state index in [2.05, 4.69) is 23.9 Å². The largest absolute Gasteiger partial charge is 0.497 e. The normalized spacial score (nSPS) is 10.9. The van der Waals surface area contributed by atoms with Crippen LogP contribution >= 0.6 is 0 Å². The summed E-state index contributed by atoms with van der Waals surface area (Å²) in [5.41, 5.74) is 6.63. The predicted octanol–water partition coefficient (Wildman–Crippen LogP) is 1.86. The van der Waals surface area contributed by atoms with Crippen molar-refractivity contribution in [2.45, 2.75) is 26.3 Å². The number of hydrogen-bond donors (Lipinski definition) is 1. The van der Waals surface area contributed by atoms with Crippen LogP contribution in [0, 0.1) is 0 Å². The average molecular weight is 246 g/mol. The highest BCUT2D eigenvalue weighted by atomic mass is 16.5. The molecule has 0 aliphatic rings. The van der Waals surface area contributed by atoms with Gasteiger partial charge in [-0.15, -0.1) is 0 Å². The van der Waals surface area contributed by atoms with Crippen LogP contribution in [0.15, 0.2) is 24.3 Å². The average Bonchev–Trinajstić information content (AvgIpc) is 2.83. The Kier molecular flexibility index (Phi) is 3.62. The van der Waals surface area contributed by atoms with Crippen molar-refractivity contribution in [2.75, 3.05) is 7.11 Å². The maximum atomic E-state index is 5.72. The van der Waals surface area contributed by atoms with Crippen molar-refractivity contribution >= 4 is 0 Å². The van der Waals surface area contributed by atoms with Crippen molar-refractivity contribution in [3.05, 3.63) is 35.9 Å². The fourth-order valence-corrected chi connectivity index (χ4v) is 1.69. The zero-order valence-corrected chi connectivity index (χ0v) is 10.9. The molecule has 2 rings (SSSR count). The van der Waals surface area contributed by atoms with Gasteiger partial charge >= 0.3 is 0 Å². The van der Waals surface area contributed by atoms with E-state index in [1.54, 1.807) is 11.8 Å². The first-order chi connectivity index (χ1) is 8.65. The molecule has 1 aromatic heterocycles. The molecule has 1 heterocycles. The zero-order chi connectivity index (χ0) is 13.1. The Labute approximate surface area is 107 Å². The van der Waals surface area contributed by atoms with Gasteiger partial charge in [-0.3, -0.25) is 0 Å². The minimum absolute atomic E-state index is 0.280. The molecule has 0 bridgehead atoms. The number of nitrogens with two attached hydrogens (primary N) is 1. The first kappa shape index (κ1) is 12.6. The molecular formula is C13H18N4O. The molecule has 0 saturated heterocycles. The van der Waals surface area contributed by atoms with Gasteiger partial charge in [-0.05, 0) is 12.1 Å². The van der Waals surface area contributed by atoms with Gasteiger partial charge in [0.2, 0.25) is 0 Å². The molecule has 2 N–H and O–H groups in total. The maximum Gasteiger partial charge on any atom is 0.153 e. The van der Waals surface area contributed by atoms with Gasteiger partial charge < -0.3 is 10.5 Å². The highest BCUT2D eigenvalue weighted by molar-refractivity contribution is 5.39. The van der Waals surface area contributed by atoms with Crippen LogP contribution in [0.5, 0.6) is 5.75 Å². The van der Waals surface area contributed by atoms with Crippen molar-refractivity contribution in [1.29, 1.82) is 0 Å². The molecule has 1 aromatic carbocycles. The molecule has 2 aromatic rings. The lowest BCUT2D eigenvalue weighted by Crippen LogP contribution is -2.08. The highest BCUT2D eigenvalue weighted by Crippen LogP contribution is 2.18. The Morgan fingerprint density at radius 1 is 1.39 bits per heavy atom. The van der Waals surface area contributed by atoms with Crippen LogP contribution in [0.2, 0.25) is 0 Å². The van der Waals surface area contributed by atoms with E-state index in [9.17, 15) is 0 Å². The summed E-state index contributed by atoms with van der Waals surface area (Å²) in [7, 11) is 1.64. The molecular weight excluding hydrogens is 228 g/mol. The Bertz CT molecular complexity index is 534. The Morgan fingerprint density at radius 3 is 2.78 bits per heavy atom. The van der Waals surface area contributed by atoms with Gasteiger partial charge in [0.05, 0.1) is 19.3 Å². The second kappa shape index (κ2) is 5.18. The molecule has 0 spiro atoms. The topological polar surface area (TPSA) is 66.0 Å². The quantitative estimate of drug-likeness (QED) is 0.894. The number of aromatic nitrogens is 3. The number of benzene rings is 1. The standard InChI is InChI=1S/C13H18N4O/c1-9(2)13-15-12(8-14)17(16-13)10-5-4-6-11(7-10)18-3/h4-7,9H,8,14H2,1-3H3. The Hall–Kier alpha value is -1.88. The molecule has 0 fully saturated rings. The second-order valence-corrected chi connectivity index (χ2v) is 4.36. The molecule has 0 aliphatic heterocycles. The molecule has 0 saturated carbocycles. The van der Waals surface area contributed by atoms with Crippen LogP contribution in [-0.2, 0) is 6.54 Å². The molecule has 0 amide bonds. The first-order valence-corrected chi connectivity index (χ1v) is 5.96. The van der Waals surface area contributed by atoms with Crippen LogP contribution in [-0.4, -0.2) is 21.9 Å². The molecule has 0 radical (unpaired) electrons. The van der Waals surface area contributed by atoms with Crippen molar-refractivity contribution < 1.29 is 4.74 Å². The van der Waals surface area contributed by atoms with E-state index in [-0.39, 0.29) is 5.92 Å². The third kappa shape index (κ3) is 2.36. The summed E-state index contributed by atoms with van der Waals surface area (Å²) < 4.78 is 6.99. The molecule has 18 heavy (non-hydrogen) atoms. The predicted molar refractivity (Wildman–Crippen MR) is 69.9 cm³/mol. The van der Waals surface area contributed by atoms with Crippen LogP contribution in [0.1, 0.15) is 31.4 Å².